The average molecular weight is 415 g/mol. The highest BCUT2D eigenvalue weighted by Crippen LogP contribution is 2.55. The van der Waals surface area contributed by atoms with E-state index in [2.05, 4.69) is 15.3 Å². The van der Waals surface area contributed by atoms with E-state index in [0.29, 0.717) is 31.1 Å². The highest BCUT2D eigenvalue weighted by atomic mass is 16.5. The number of hydrogen-bond acceptors (Lipinski definition) is 6. The normalized spacial score (nSPS) is 23.4. The zero-order valence-electron chi connectivity index (χ0n) is 17.0. The van der Waals surface area contributed by atoms with E-state index in [0.717, 1.165) is 38.5 Å². The standard InChI is InChI=1S/C21H29N5O4/c27-18(25-30)10-15(9-14-3-1-2-4-14)20(29)26-12-21(6-7-21)11-16(26)19(28)24-17-5-8-22-13-23-17/h5,8,13-16,30H,1-4,6-7,9-12H2,(H,25,27)(H,22,23,24,28)/t15-,16+/m1/s1. The molecule has 0 radical (unpaired) electrons. The second-order valence-electron chi connectivity index (χ2n) is 9.09. The molecule has 1 aromatic heterocycles. The Kier molecular flexibility index (Phi) is 5.99. The molecule has 0 unspecified atom stereocenters. The second-order valence-corrected chi connectivity index (χ2v) is 9.09. The molecule has 0 aromatic carbocycles. The first-order chi connectivity index (χ1) is 14.5. The first-order valence-electron chi connectivity index (χ1n) is 10.8. The van der Waals surface area contributed by atoms with Crippen molar-refractivity contribution in [3.8, 4) is 0 Å². The molecule has 2 atom stereocenters. The van der Waals surface area contributed by atoms with Crippen LogP contribution in [0.5, 0.6) is 0 Å². The van der Waals surface area contributed by atoms with E-state index in [1.807, 2.05) is 0 Å². The van der Waals surface area contributed by atoms with Crippen molar-refractivity contribution < 1.29 is 19.6 Å². The number of rotatable bonds is 7. The Morgan fingerprint density at radius 1 is 1.27 bits per heavy atom. The molecule has 1 aliphatic heterocycles. The maximum atomic E-state index is 13.5. The fourth-order valence-electron chi connectivity index (χ4n) is 5.06. The van der Waals surface area contributed by atoms with Crippen LogP contribution in [0.1, 0.15) is 57.8 Å². The minimum Gasteiger partial charge on any atom is -0.330 e. The van der Waals surface area contributed by atoms with E-state index in [9.17, 15) is 14.4 Å². The molecule has 162 valence electrons. The van der Waals surface area contributed by atoms with Crippen molar-refractivity contribution in [1.29, 1.82) is 0 Å². The van der Waals surface area contributed by atoms with Crippen LogP contribution >= 0.6 is 0 Å². The van der Waals surface area contributed by atoms with E-state index >= 15 is 0 Å². The van der Waals surface area contributed by atoms with Crippen molar-refractivity contribution in [3.05, 3.63) is 18.6 Å². The van der Waals surface area contributed by atoms with Crippen molar-refractivity contribution >= 4 is 23.5 Å². The lowest BCUT2D eigenvalue weighted by Crippen LogP contribution is -2.46. The molecule has 30 heavy (non-hydrogen) atoms. The minimum atomic E-state index is -0.571. The van der Waals surface area contributed by atoms with Gasteiger partial charge in [-0.3, -0.25) is 19.6 Å². The number of hydrogen-bond donors (Lipinski definition) is 3. The van der Waals surface area contributed by atoms with E-state index in [4.69, 9.17) is 5.21 Å². The van der Waals surface area contributed by atoms with Crippen molar-refractivity contribution in [2.75, 3.05) is 11.9 Å². The summed E-state index contributed by atoms with van der Waals surface area (Å²) in [6.07, 6.45) is 10.6. The number of anilines is 1. The summed E-state index contributed by atoms with van der Waals surface area (Å²) >= 11 is 0. The molecule has 1 saturated heterocycles. The lowest BCUT2D eigenvalue weighted by Gasteiger charge is -2.29. The van der Waals surface area contributed by atoms with Crippen LogP contribution in [0.2, 0.25) is 0 Å². The maximum absolute atomic E-state index is 13.5. The van der Waals surface area contributed by atoms with Gasteiger partial charge in [-0.05, 0) is 43.1 Å². The molecule has 4 rings (SSSR count). The molecule has 2 heterocycles. The monoisotopic (exact) mass is 415 g/mol. The van der Waals surface area contributed by atoms with Crippen LogP contribution in [0.3, 0.4) is 0 Å². The first-order valence-corrected chi connectivity index (χ1v) is 10.8. The van der Waals surface area contributed by atoms with Gasteiger partial charge in [-0.2, -0.15) is 0 Å². The molecule has 3 aliphatic rings. The number of amides is 3. The Morgan fingerprint density at radius 3 is 2.67 bits per heavy atom. The summed E-state index contributed by atoms with van der Waals surface area (Å²) in [4.78, 5) is 48.0. The molecule has 2 aliphatic carbocycles. The predicted molar refractivity (Wildman–Crippen MR) is 107 cm³/mol. The number of likely N-dealkylation sites (tertiary alicyclic amines) is 1. The van der Waals surface area contributed by atoms with Gasteiger partial charge in [0, 0.05) is 25.1 Å². The van der Waals surface area contributed by atoms with Gasteiger partial charge in [0.25, 0.3) is 0 Å². The maximum Gasteiger partial charge on any atom is 0.248 e. The summed E-state index contributed by atoms with van der Waals surface area (Å²) in [5.41, 5.74) is 1.69. The fraction of sp³-hybridized carbons (Fsp3) is 0.667. The van der Waals surface area contributed by atoms with Crippen LogP contribution < -0.4 is 10.8 Å². The second kappa shape index (κ2) is 8.67. The zero-order chi connectivity index (χ0) is 21.1. The molecule has 3 amide bonds. The Hall–Kier alpha value is -2.55. The van der Waals surface area contributed by atoms with Gasteiger partial charge in [0.1, 0.15) is 18.2 Å². The third-order valence-electron chi connectivity index (χ3n) is 6.88. The molecule has 0 bridgehead atoms. The quantitative estimate of drug-likeness (QED) is 0.461. The van der Waals surface area contributed by atoms with Crippen molar-refractivity contribution in [2.45, 2.75) is 63.8 Å². The van der Waals surface area contributed by atoms with Crippen molar-refractivity contribution in [3.63, 3.8) is 0 Å². The third kappa shape index (κ3) is 4.61. The molecule has 3 fully saturated rings. The molecule has 2 saturated carbocycles. The van der Waals surface area contributed by atoms with Gasteiger partial charge in [0.15, 0.2) is 0 Å². The molecule has 9 heteroatoms. The summed E-state index contributed by atoms with van der Waals surface area (Å²) in [6.45, 7) is 0.551. The van der Waals surface area contributed by atoms with E-state index < -0.39 is 17.9 Å². The van der Waals surface area contributed by atoms with Crippen LogP contribution in [0.25, 0.3) is 0 Å². The number of nitrogens with zero attached hydrogens (tertiary/aromatic N) is 3. The van der Waals surface area contributed by atoms with E-state index in [-0.39, 0.29) is 23.7 Å². The van der Waals surface area contributed by atoms with E-state index in [1.165, 1.54) is 6.33 Å². The van der Waals surface area contributed by atoms with Gasteiger partial charge < -0.3 is 10.2 Å². The lowest BCUT2D eigenvalue weighted by atomic mass is 9.89. The van der Waals surface area contributed by atoms with Gasteiger partial charge in [0.2, 0.25) is 17.7 Å². The highest BCUT2D eigenvalue weighted by Gasteiger charge is 2.55. The minimum absolute atomic E-state index is 0.0283. The average Bonchev–Trinajstić information content (AvgIpc) is 3.13. The summed E-state index contributed by atoms with van der Waals surface area (Å²) in [5.74, 6) is -0.677. The zero-order valence-corrected chi connectivity index (χ0v) is 17.0. The number of nitrogens with one attached hydrogen (secondary N) is 2. The lowest BCUT2D eigenvalue weighted by molar-refractivity contribution is -0.144. The number of hydroxylamine groups is 1. The van der Waals surface area contributed by atoms with E-state index in [1.54, 1.807) is 22.6 Å². The highest BCUT2D eigenvalue weighted by molar-refractivity contribution is 5.98. The van der Waals surface area contributed by atoms with Crippen molar-refractivity contribution in [1.82, 2.24) is 20.3 Å². The molecular weight excluding hydrogens is 386 g/mol. The SMILES string of the molecule is O=C(C[C@@H](CC1CCCC1)C(=O)N1CC2(CC2)C[C@H]1C(=O)Nc1ccncn1)NO. The van der Waals surface area contributed by atoms with Gasteiger partial charge in [0.05, 0.1) is 0 Å². The summed E-state index contributed by atoms with van der Waals surface area (Å²) in [7, 11) is 0. The molecule has 1 spiro atoms. The predicted octanol–water partition coefficient (Wildman–Crippen LogP) is 1.89. The van der Waals surface area contributed by atoms with Gasteiger partial charge in [-0.1, -0.05) is 25.7 Å². The number of carbonyl (C=O) groups excluding carboxylic acids is 3. The van der Waals surface area contributed by atoms with Gasteiger partial charge in [-0.15, -0.1) is 0 Å². The Morgan fingerprint density at radius 2 is 2.03 bits per heavy atom. The van der Waals surface area contributed by atoms with Crippen LogP contribution in [0.4, 0.5) is 5.82 Å². The molecule has 1 aromatic rings. The Labute approximate surface area is 175 Å². The first kappa shape index (κ1) is 20.7. The van der Waals surface area contributed by atoms with Crippen LogP contribution in [0, 0.1) is 17.3 Å². The molecule has 3 N–H and O–H groups in total. The van der Waals surface area contributed by atoms with Gasteiger partial charge in [-0.25, -0.2) is 15.4 Å². The third-order valence-corrected chi connectivity index (χ3v) is 6.88. The van der Waals surface area contributed by atoms with Crippen LogP contribution in [0.15, 0.2) is 18.6 Å². The molecular formula is C21H29N5O4. The fourth-order valence-corrected chi connectivity index (χ4v) is 5.06. The summed E-state index contributed by atoms with van der Waals surface area (Å²) < 4.78 is 0. The van der Waals surface area contributed by atoms with Crippen LogP contribution in [-0.2, 0) is 14.4 Å². The smallest absolute Gasteiger partial charge is 0.248 e. The van der Waals surface area contributed by atoms with Crippen LogP contribution in [-0.4, -0.2) is 50.4 Å². The summed E-state index contributed by atoms with van der Waals surface area (Å²) in [6, 6.07) is 1.04. The number of aromatic nitrogens is 2. The Bertz CT molecular complexity index is 792. The summed E-state index contributed by atoms with van der Waals surface area (Å²) in [5, 5.41) is 11.8. The molecule has 9 nitrogen and oxygen atoms in total. The van der Waals surface area contributed by atoms with Crippen molar-refractivity contribution in [2.24, 2.45) is 17.3 Å². The largest absolute Gasteiger partial charge is 0.330 e. The Balaban J connectivity index is 1.50. The number of carbonyl (C=O) groups is 3. The topological polar surface area (TPSA) is 125 Å². The van der Waals surface area contributed by atoms with Gasteiger partial charge >= 0.3 is 0 Å².